The molecular weight excluding hydrogens is 470 g/mol. The number of amidine groups is 1. The topological polar surface area (TPSA) is 62.2 Å². The molecule has 7 heteroatoms. The second kappa shape index (κ2) is 10.7. The van der Waals surface area contributed by atoms with Crippen LogP contribution in [0.15, 0.2) is 88.0 Å². The summed E-state index contributed by atoms with van der Waals surface area (Å²) in [6.07, 6.45) is 3.39. The molecule has 2 aromatic carbocycles. The van der Waals surface area contributed by atoms with Gasteiger partial charge in [0.15, 0.2) is 5.17 Å². The molecule has 1 fully saturated rings. The molecule has 0 aliphatic carbocycles. The zero-order valence-electron chi connectivity index (χ0n) is 20.7. The van der Waals surface area contributed by atoms with Crippen LogP contribution in [0.1, 0.15) is 43.4 Å². The maximum Gasteiger partial charge on any atom is 0.338 e. The van der Waals surface area contributed by atoms with Gasteiger partial charge in [0.25, 0.3) is 0 Å². The second-order valence-corrected chi connectivity index (χ2v) is 10.3. The molecule has 3 heterocycles. The van der Waals surface area contributed by atoms with E-state index in [9.17, 15) is 9.59 Å². The molecule has 0 N–H and O–H groups in total. The number of thioether (sulfide) groups is 1. The fourth-order valence-electron chi connectivity index (χ4n) is 5.29. The van der Waals surface area contributed by atoms with Crippen molar-refractivity contribution in [1.29, 1.82) is 0 Å². The Labute approximate surface area is 216 Å². The van der Waals surface area contributed by atoms with Crippen molar-refractivity contribution in [3.05, 3.63) is 94.2 Å². The lowest BCUT2D eigenvalue weighted by Crippen LogP contribution is -2.41. The van der Waals surface area contributed by atoms with Gasteiger partial charge in [-0.1, -0.05) is 72.4 Å². The number of carbonyl (C=O) groups excluding carboxylic acids is 2. The first-order valence-electron chi connectivity index (χ1n) is 12.4. The number of nitrogens with zero attached hydrogens (tertiary/aromatic N) is 3. The molecule has 36 heavy (non-hydrogen) atoms. The molecule has 0 bridgehead atoms. The maximum atomic E-state index is 13.4. The number of rotatable bonds is 6. The van der Waals surface area contributed by atoms with Gasteiger partial charge in [-0.3, -0.25) is 4.79 Å². The number of esters is 1. The number of carbonyl (C=O) groups is 2. The minimum absolute atomic E-state index is 0.124. The van der Waals surface area contributed by atoms with Crippen molar-refractivity contribution in [3.8, 4) is 0 Å². The summed E-state index contributed by atoms with van der Waals surface area (Å²) in [6.45, 7) is 3.41. The number of hydrogen-bond donors (Lipinski definition) is 0. The first kappa shape index (κ1) is 24.4. The van der Waals surface area contributed by atoms with Crippen molar-refractivity contribution in [2.75, 3.05) is 20.2 Å². The van der Waals surface area contributed by atoms with Gasteiger partial charge < -0.3 is 14.5 Å². The van der Waals surface area contributed by atoms with E-state index in [0.717, 1.165) is 48.8 Å². The number of hydrogen-bond acceptors (Lipinski definition) is 6. The highest BCUT2D eigenvalue weighted by Gasteiger charge is 2.41. The summed E-state index contributed by atoms with van der Waals surface area (Å²) in [5.41, 5.74) is 4.36. The van der Waals surface area contributed by atoms with Gasteiger partial charge in [0.05, 0.1) is 30.8 Å². The highest BCUT2D eigenvalue weighted by molar-refractivity contribution is 8.16. The highest BCUT2D eigenvalue weighted by atomic mass is 32.2. The quantitative estimate of drug-likeness (QED) is 0.503. The van der Waals surface area contributed by atoms with Crippen LogP contribution in [0, 0.1) is 5.92 Å². The normalized spacial score (nSPS) is 20.1. The predicted octanol–water partition coefficient (Wildman–Crippen LogP) is 5.31. The Morgan fingerprint density at radius 3 is 2.36 bits per heavy atom. The van der Waals surface area contributed by atoms with Gasteiger partial charge in [0, 0.05) is 18.8 Å². The van der Waals surface area contributed by atoms with Gasteiger partial charge in [0.1, 0.15) is 0 Å². The first-order valence-corrected chi connectivity index (χ1v) is 13.3. The number of amides is 1. The Morgan fingerprint density at radius 2 is 1.69 bits per heavy atom. The zero-order valence-corrected chi connectivity index (χ0v) is 21.5. The number of methoxy groups -OCH3 is 1. The van der Waals surface area contributed by atoms with Crippen LogP contribution in [-0.4, -0.2) is 47.0 Å². The molecule has 186 valence electrons. The molecule has 0 saturated carbocycles. The van der Waals surface area contributed by atoms with Crippen LogP contribution >= 0.6 is 11.8 Å². The molecule has 5 rings (SSSR count). The fourth-order valence-corrected chi connectivity index (χ4v) is 6.26. The molecule has 2 aromatic rings. The van der Waals surface area contributed by atoms with Crippen LogP contribution < -0.4 is 0 Å². The lowest BCUT2D eigenvalue weighted by Gasteiger charge is -2.37. The fraction of sp³-hybridized carbons (Fsp3) is 0.345. The average Bonchev–Trinajstić information content (AvgIpc) is 3.30. The number of allylic oxidation sites excluding steroid dienone is 1. The molecule has 3 aliphatic rings. The largest absolute Gasteiger partial charge is 0.466 e. The van der Waals surface area contributed by atoms with Crippen molar-refractivity contribution in [2.24, 2.45) is 10.9 Å². The van der Waals surface area contributed by atoms with Crippen LogP contribution in [0.5, 0.6) is 0 Å². The zero-order chi connectivity index (χ0) is 25.1. The standard InChI is InChI=1S/C29H31N3O3S/c1-20-26(28(34)35-2)27(23-11-7-4-8-12-23)32-24(19-36-29(32)30-20)18-25(33)31-15-13-22(14-16-31)17-21-9-5-3-6-10-21/h3-12,19,22,27H,13-18H2,1-2H3/t27-/m0/s1. The van der Waals surface area contributed by atoms with Crippen LogP contribution in [0.4, 0.5) is 0 Å². The monoisotopic (exact) mass is 501 g/mol. The lowest BCUT2D eigenvalue weighted by molar-refractivity contribution is -0.136. The first-order chi connectivity index (χ1) is 17.5. The van der Waals surface area contributed by atoms with Crippen molar-refractivity contribution in [2.45, 2.75) is 38.6 Å². The SMILES string of the molecule is COC(=O)C1=C(C)N=C2SC=C(CC(=O)N3CCC(Cc4ccccc4)CC3)N2[C@H]1c1ccccc1. The summed E-state index contributed by atoms with van der Waals surface area (Å²) in [5, 5.41) is 2.79. The third-order valence-electron chi connectivity index (χ3n) is 7.19. The molecule has 6 nitrogen and oxygen atoms in total. The van der Waals surface area contributed by atoms with Gasteiger partial charge in [0.2, 0.25) is 5.91 Å². The van der Waals surface area contributed by atoms with E-state index >= 15 is 0 Å². The maximum absolute atomic E-state index is 13.4. The van der Waals surface area contributed by atoms with Gasteiger partial charge in [-0.25, -0.2) is 9.79 Å². The van der Waals surface area contributed by atoms with E-state index < -0.39 is 5.97 Å². The summed E-state index contributed by atoms with van der Waals surface area (Å²) >= 11 is 1.51. The predicted molar refractivity (Wildman–Crippen MR) is 143 cm³/mol. The van der Waals surface area contributed by atoms with E-state index in [0.29, 0.717) is 17.2 Å². The van der Waals surface area contributed by atoms with Crippen molar-refractivity contribution in [1.82, 2.24) is 9.80 Å². The minimum atomic E-state index is -0.396. The van der Waals surface area contributed by atoms with Crippen LogP contribution in [0.25, 0.3) is 0 Å². The number of benzene rings is 2. The third kappa shape index (κ3) is 4.98. The van der Waals surface area contributed by atoms with E-state index in [1.165, 1.54) is 24.4 Å². The molecule has 1 amide bonds. The smallest absolute Gasteiger partial charge is 0.338 e. The molecule has 3 aliphatic heterocycles. The molecule has 1 saturated heterocycles. The summed E-state index contributed by atoms with van der Waals surface area (Å²) in [4.78, 5) is 34.9. The van der Waals surface area contributed by atoms with Gasteiger partial charge >= 0.3 is 5.97 Å². The number of ether oxygens (including phenoxy) is 1. The molecular formula is C29H31N3O3S. The van der Waals surface area contributed by atoms with E-state index in [4.69, 9.17) is 9.73 Å². The second-order valence-electron chi connectivity index (χ2n) is 9.49. The lowest BCUT2D eigenvalue weighted by atomic mass is 9.90. The van der Waals surface area contributed by atoms with Crippen LogP contribution in [0.2, 0.25) is 0 Å². The van der Waals surface area contributed by atoms with Crippen molar-refractivity contribution >= 4 is 28.8 Å². The molecule has 0 aromatic heterocycles. The molecule has 0 radical (unpaired) electrons. The number of likely N-dealkylation sites (tertiary alicyclic amines) is 1. The third-order valence-corrected chi connectivity index (χ3v) is 8.08. The van der Waals surface area contributed by atoms with Crippen molar-refractivity contribution < 1.29 is 14.3 Å². The number of aliphatic imine (C=N–C) groups is 1. The Morgan fingerprint density at radius 1 is 1.03 bits per heavy atom. The number of piperidine rings is 1. The summed E-state index contributed by atoms with van der Waals surface area (Å²) in [7, 11) is 1.39. The molecule has 0 unspecified atom stereocenters. The Bertz CT molecular complexity index is 1210. The Balaban J connectivity index is 1.29. The molecule has 1 atom stereocenters. The van der Waals surface area contributed by atoms with Gasteiger partial charge in [-0.05, 0) is 48.6 Å². The average molecular weight is 502 g/mol. The van der Waals surface area contributed by atoms with E-state index in [-0.39, 0.29) is 18.4 Å². The summed E-state index contributed by atoms with van der Waals surface area (Å²) in [6, 6.07) is 20.1. The van der Waals surface area contributed by atoms with Gasteiger partial charge in [-0.2, -0.15) is 0 Å². The van der Waals surface area contributed by atoms with Crippen LogP contribution in [0.3, 0.4) is 0 Å². The van der Waals surface area contributed by atoms with E-state index in [2.05, 4.69) is 24.3 Å². The number of fused-ring (bicyclic) bond motifs is 1. The van der Waals surface area contributed by atoms with E-state index in [1.807, 2.05) is 58.5 Å². The minimum Gasteiger partial charge on any atom is -0.466 e. The van der Waals surface area contributed by atoms with Crippen LogP contribution in [-0.2, 0) is 20.7 Å². The molecule has 0 spiro atoms. The highest BCUT2D eigenvalue weighted by Crippen LogP contribution is 2.45. The van der Waals surface area contributed by atoms with Gasteiger partial charge in [-0.15, -0.1) is 0 Å². The van der Waals surface area contributed by atoms with Crippen molar-refractivity contribution in [3.63, 3.8) is 0 Å². The summed E-state index contributed by atoms with van der Waals surface area (Å²) < 4.78 is 5.13. The summed E-state index contributed by atoms with van der Waals surface area (Å²) in [5.74, 6) is 0.336. The van der Waals surface area contributed by atoms with E-state index in [1.54, 1.807) is 0 Å². The Kier molecular flexibility index (Phi) is 7.28. The Hall–Kier alpha value is -3.32.